The number of carbonyl (C=O) groups excluding carboxylic acids is 2. The molecular formula is C27H28N2O8. The Balaban J connectivity index is 1.45. The summed E-state index contributed by atoms with van der Waals surface area (Å²) in [6, 6.07) is 7.59. The fraction of sp³-hybridized carbons (Fsp3) is 0.407. The van der Waals surface area contributed by atoms with Crippen LogP contribution in [-0.2, 0) is 9.59 Å². The maximum absolute atomic E-state index is 13.4. The second-order valence-electron chi connectivity index (χ2n) is 9.36. The first-order chi connectivity index (χ1) is 18.0. The molecule has 4 heterocycles. The Hall–Kier alpha value is -3.92. The van der Waals surface area contributed by atoms with Crippen molar-refractivity contribution in [2.24, 2.45) is 0 Å². The van der Waals surface area contributed by atoms with E-state index in [4.69, 9.17) is 23.7 Å². The van der Waals surface area contributed by atoms with Crippen molar-refractivity contribution < 1.29 is 38.4 Å². The molecule has 10 heteroatoms. The lowest BCUT2D eigenvalue weighted by molar-refractivity contribution is -0.140. The van der Waals surface area contributed by atoms with Crippen LogP contribution in [0.3, 0.4) is 0 Å². The summed E-state index contributed by atoms with van der Waals surface area (Å²) in [6.45, 7) is 3.76. The van der Waals surface area contributed by atoms with Gasteiger partial charge in [-0.3, -0.25) is 9.59 Å². The van der Waals surface area contributed by atoms with E-state index in [1.165, 1.54) is 12.0 Å². The summed E-state index contributed by atoms with van der Waals surface area (Å²) in [5, 5.41) is 11.4. The zero-order valence-corrected chi connectivity index (χ0v) is 20.5. The molecule has 0 saturated carbocycles. The number of hydrogen-bond donors (Lipinski definition) is 1. The molecule has 0 aromatic heterocycles. The van der Waals surface area contributed by atoms with Crippen molar-refractivity contribution in [2.75, 3.05) is 53.3 Å². The second kappa shape index (κ2) is 9.51. The molecule has 0 unspecified atom stereocenters. The second-order valence-corrected chi connectivity index (χ2v) is 9.36. The van der Waals surface area contributed by atoms with Crippen LogP contribution in [-0.4, -0.2) is 79.9 Å². The minimum atomic E-state index is -0.834. The Morgan fingerprint density at radius 3 is 2.54 bits per heavy atom. The SMILES string of the molecule is COc1cc([C@H]2C(=C(O)c3ccc4c(c3)OCCO4)C(=O)C(=O)N2CCN2CCCC2)cc2c1OCO2. The van der Waals surface area contributed by atoms with Gasteiger partial charge in [0.1, 0.15) is 19.0 Å². The first-order valence-corrected chi connectivity index (χ1v) is 12.4. The van der Waals surface area contributed by atoms with Gasteiger partial charge in [0.25, 0.3) is 11.7 Å². The van der Waals surface area contributed by atoms with Crippen molar-refractivity contribution in [3.63, 3.8) is 0 Å². The maximum atomic E-state index is 13.4. The fourth-order valence-electron chi connectivity index (χ4n) is 5.37. The van der Waals surface area contributed by atoms with Crippen LogP contribution in [0.15, 0.2) is 35.9 Å². The topological polar surface area (TPSA) is 107 Å². The van der Waals surface area contributed by atoms with Crippen molar-refractivity contribution in [2.45, 2.75) is 18.9 Å². The predicted molar refractivity (Wildman–Crippen MR) is 131 cm³/mol. The fourth-order valence-corrected chi connectivity index (χ4v) is 5.37. The number of carbonyl (C=O) groups is 2. The molecule has 0 spiro atoms. The van der Waals surface area contributed by atoms with Gasteiger partial charge < -0.3 is 38.6 Å². The van der Waals surface area contributed by atoms with Crippen LogP contribution in [0.2, 0.25) is 0 Å². The summed E-state index contributed by atoms with van der Waals surface area (Å²) in [4.78, 5) is 30.6. The number of rotatable bonds is 6. The number of aliphatic hydroxyl groups is 1. The van der Waals surface area contributed by atoms with Gasteiger partial charge in [-0.2, -0.15) is 0 Å². The first-order valence-electron chi connectivity index (χ1n) is 12.4. The molecule has 37 heavy (non-hydrogen) atoms. The highest BCUT2D eigenvalue weighted by atomic mass is 16.7. The first kappa shape index (κ1) is 23.5. The van der Waals surface area contributed by atoms with E-state index in [0.29, 0.717) is 66.2 Å². The molecule has 0 radical (unpaired) electrons. The molecule has 2 saturated heterocycles. The number of Topliss-reactive ketones (excluding diaryl/α,β-unsaturated/α-hetero) is 1. The normalized spacial score (nSPS) is 22.1. The van der Waals surface area contributed by atoms with Gasteiger partial charge in [-0.1, -0.05) is 0 Å². The van der Waals surface area contributed by atoms with E-state index in [2.05, 4.69) is 4.90 Å². The number of methoxy groups -OCH3 is 1. The van der Waals surface area contributed by atoms with Gasteiger partial charge in [0.05, 0.1) is 18.7 Å². The lowest BCUT2D eigenvalue weighted by Crippen LogP contribution is -2.37. The molecule has 0 aliphatic carbocycles. The van der Waals surface area contributed by atoms with Gasteiger partial charge in [0, 0.05) is 18.7 Å². The third kappa shape index (κ3) is 4.11. The van der Waals surface area contributed by atoms with Gasteiger partial charge in [-0.15, -0.1) is 0 Å². The van der Waals surface area contributed by atoms with Crippen molar-refractivity contribution in [1.82, 2.24) is 9.80 Å². The summed E-state index contributed by atoms with van der Waals surface area (Å²) in [7, 11) is 1.51. The lowest BCUT2D eigenvalue weighted by atomic mass is 9.94. The smallest absolute Gasteiger partial charge is 0.295 e. The molecule has 1 atom stereocenters. The average Bonchev–Trinajstić information content (AvgIpc) is 3.67. The minimum Gasteiger partial charge on any atom is -0.507 e. The van der Waals surface area contributed by atoms with E-state index in [1.54, 1.807) is 30.3 Å². The molecule has 1 amide bonds. The largest absolute Gasteiger partial charge is 0.507 e. The lowest BCUT2D eigenvalue weighted by Gasteiger charge is -2.28. The molecule has 6 rings (SSSR count). The van der Waals surface area contributed by atoms with Crippen molar-refractivity contribution in [3.8, 4) is 28.7 Å². The van der Waals surface area contributed by atoms with E-state index in [1.807, 2.05) is 0 Å². The monoisotopic (exact) mass is 508 g/mol. The number of hydrogen-bond acceptors (Lipinski definition) is 9. The molecule has 4 aliphatic rings. The van der Waals surface area contributed by atoms with Crippen molar-refractivity contribution >= 4 is 17.4 Å². The highest BCUT2D eigenvalue weighted by Gasteiger charge is 2.47. The Kier molecular flexibility index (Phi) is 6.03. The Labute approximate surface area is 213 Å². The third-order valence-corrected chi connectivity index (χ3v) is 7.21. The quantitative estimate of drug-likeness (QED) is 0.358. The highest BCUT2D eigenvalue weighted by Crippen LogP contribution is 2.47. The summed E-state index contributed by atoms with van der Waals surface area (Å²) < 4.78 is 27.9. The van der Waals surface area contributed by atoms with Gasteiger partial charge in [-0.25, -0.2) is 0 Å². The molecule has 2 aromatic carbocycles. The molecule has 10 nitrogen and oxygen atoms in total. The molecule has 1 N–H and O–H groups in total. The van der Waals surface area contributed by atoms with Crippen LogP contribution in [0.1, 0.15) is 30.0 Å². The van der Waals surface area contributed by atoms with Crippen LogP contribution in [0, 0.1) is 0 Å². The van der Waals surface area contributed by atoms with Gasteiger partial charge in [0.2, 0.25) is 12.5 Å². The van der Waals surface area contributed by atoms with E-state index in [9.17, 15) is 14.7 Å². The van der Waals surface area contributed by atoms with Crippen LogP contribution in [0.5, 0.6) is 28.7 Å². The van der Waals surface area contributed by atoms with Crippen LogP contribution < -0.4 is 23.7 Å². The number of ether oxygens (including phenoxy) is 5. The van der Waals surface area contributed by atoms with Gasteiger partial charge in [0.15, 0.2) is 23.0 Å². The van der Waals surface area contributed by atoms with Gasteiger partial charge >= 0.3 is 0 Å². The summed E-state index contributed by atoms with van der Waals surface area (Å²) in [5.41, 5.74) is 0.948. The Bertz CT molecular complexity index is 1280. The minimum absolute atomic E-state index is 0.00372. The van der Waals surface area contributed by atoms with Crippen molar-refractivity contribution in [1.29, 1.82) is 0 Å². The summed E-state index contributed by atoms with van der Waals surface area (Å²) >= 11 is 0. The van der Waals surface area contributed by atoms with Crippen molar-refractivity contribution in [3.05, 3.63) is 47.0 Å². The third-order valence-electron chi connectivity index (χ3n) is 7.21. The average molecular weight is 509 g/mol. The number of amides is 1. The number of benzene rings is 2. The molecule has 2 aromatic rings. The van der Waals surface area contributed by atoms with Crippen LogP contribution in [0.4, 0.5) is 0 Å². The Morgan fingerprint density at radius 1 is 0.973 bits per heavy atom. The molecule has 4 aliphatic heterocycles. The molecule has 194 valence electrons. The maximum Gasteiger partial charge on any atom is 0.295 e. The highest BCUT2D eigenvalue weighted by molar-refractivity contribution is 6.46. The summed E-state index contributed by atoms with van der Waals surface area (Å²) in [6.07, 6.45) is 2.23. The number of aliphatic hydroxyl groups excluding tert-OH is 1. The zero-order valence-electron chi connectivity index (χ0n) is 20.5. The molecule has 2 fully saturated rings. The number of nitrogens with zero attached hydrogens (tertiary/aromatic N) is 2. The van der Waals surface area contributed by atoms with E-state index < -0.39 is 17.7 Å². The van der Waals surface area contributed by atoms with Gasteiger partial charge in [-0.05, 0) is 61.8 Å². The van der Waals surface area contributed by atoms with Crippen LogP contribution >= 0.6 is 0 Å². The molecular weight excluding hydrogens is 480 g/mol. The van der Waals surface area contributed by atoms with E-state index >= 15 is 0 Å². The standard InChI is InChI=1S/C27H28N2O8/c1-33-20-13-17(14-21-26(20)37-15-36-21)23-22(24(30)16-4-5-18-19(12-16)35-11-10-34-18)25(31)27(32)29(23)9-8-28-6-2-3-7-28/h4-5,12-14,23,30H,2-3,6-11,15H2,1H3/t23-/m0/s1. The molecule has 0 bridgehead atoms. The number of fused-ring (bicyclic) bond motifs is 2. The zero-order chi connectivity index (χ0) is 25.5. The van der Waals surface area contributed by atoms with E-state index in [-0.39, 0.29) is 18.1 Å². The predicted octanol–water partition coefficient (Wildman–Crippen LogP) is 2.71. The van der Waals surface area contributed by atoms with Crippen LogP contribution in [0.25, 0.3) is 5.76 Å². The summed E-state index contributed by atoms with van der Waals surface area (Å²) in [5.74, 6) is 0.710. The number of ketones is 1. The van der Waals surface area contributed by atoms with E-state index in [0.717, 1.165) is 25.9 Å². The Morgan fingerprint density at radius 2 is 1.76 bits per heavy atom. The number of likely N-dealkylation sites (tertiary alicyclic amines) is 2.